The van der Waals surface area contributed by atoms with Gasteiger partial charge in [-0.3, -0.25) is 9.52 Å². The van der Waals surface area contributed by atoms with E-state index in [4.69, 9.17) is 0 Å². The summed E-state index contributed by atoms with van der Waals surface area (Å²) in [6.45, 7) is 1.37. The molecule has 0 unspecified atom stereocenters. The van der Waals surface area contributed by atoms with Gasteiger partial charge in [0.25, 0.3) is 0 Å². The number of nitrogens with zero attached hydrogens (tertiary/aromatic N) is 1. The maximum Gasteiger partial charge on any atom is 0.232 e. The molecule has 0 spiro atoms. The first kappa shape index (κ1) is 18.5. The van der Waals surface area contributed by atoms with Crippen LogP contribution in [0.1, 0.15) is 22.8 Å². The summed E-state index contributed by atoms with van der Waals surface area (Å²) in [7, 11) is -3.79. The molecule has 0 aliphatic heterocycles. The Hall–Kier alpha value is -2.33. The highest BCUT2D eigenvalue weighted by molar-refractivity contribution is 9.10. The van der Waals surface area contributed by atoms with Crippen LogP contribution in [0.2, 0.25) is 0 Å². The highest BCUT2D eigenvalue weighted by atomic mass is 79.9. The lowest BCUT2D eigenvalue weighted by molar-refractivity contribution is 0.103. The van der Waals surface area contributed by atoms with Gasteiger partial charge in [-0.25, -0.2) is 22.2 Å². The number of hydrogen-bond donors (Lipinski definition) is 2. The number of sulfonamides is 1. The van der Waals surface area contributed by atoms with Gasteiger partial charge in [0.15, 0.2) is 5.82 Å². The zero-order valence-electron chi connectivity index (χ0n) is 13.3. The van der Waals surface area contributed by atoms with Gasteiger partial charge in [0.05, 0.1) is 17.0 Å². The average molecular weight is 444 g/mol. The van der Waals surface area contributed by atoms with Gasteiger partial charge in [0.1, 0.15) is 11.5 Å². The van der Waals surface area contributed by atoms with Crippen molar-refractivity contribution in [3.63, 3.8) is 0 Å². The van der Waals surface area contributed by atoms with Crippen molar-refractivity contribution in [1.82, 2.24) is 9.97 Å². The normalized spacial score (nSPS) is 11.7. The van der Waals surface area contributed by atoms with Crippen LogP contribution in [0.5, 0.6) is 0 Å². The molecule has 136 valence electrons. The van der Waals surface area contributed by atoms with Crippen molar-refractivity contribution >= 4 is 48.5 Å². The van der Waals surface area contributed by atoms with Gasteiger partial charge in [0, 0.05) is 27.8 Å². The van der Waals surface area contributed by atoms with Gasteiger partial charge < -0.3 is 4.98 Å². The predicted octanol–water partition coefficient (Wildman–Crippen LogP) is 3.60. The maximum absolute atomic E-state index is 14.7. The molecule has 0 saturated carbocycles. The summed E-state index contributed by atoms with van der Waals surface area (Å²) >= 11 is 3.23. The van der Waals surface area contributed by atoms with E-state index in [0.29, 0.717) is 15.5 Å². The molecule has 0 saturated heterocycles. The number of aromatic nitrogens is 2. The zero-order chi connectivity index (χ0) is 19.1. The monoisotopic (exact) mass is 443 g/mol. The van der Waals surface area contributed by atoms with E-state index in [1.165, 1.54) is 19.3 Å². The summed E-state index contributed by atoms with van der Waals surface area (Å²) in [6, 6.07) is 3.36. The summed E-state index contributed by atoms with van der Waals surface area (Å²) in [5, 5.41) is 0.378. The van der Waals surface area contributed by atoms with E-state index in [1.807, 2.05) is 4.72 Å². The van der Waals surface area contributed by atoms with E-state index in [-0.39, 0.29) is 11.3 Å². The Kier molecular flexibility index (Phi) is 4.80. The number of carbonyl (C=O) groups excluding carboxylic acids is 1. The van der Waals surface area contributed by atoms with Crippen LogP contribution in [-0.2, 0) is 10.0 Å². The molecule has 1 aromatic carbocycles. The maximum atomic E-state index is 14.7. The fraction of sp³-hybridized carbons (Fsp3) is 0.125. The van der Waals surface area contributed by atoms with Crippen LogP contribution in [0.15, 0.2) is 35.1 Å². The summed E-state index contributed by atoms with van der Waals surface area (Å²) in [5.41, 5.74) is -0.944. The number of pyridine rings is 1. The van der Waals surface area contributed by atoms with Crippen molar-refractivity contribution in [1.29, 1.82) is 0 Å². The number of fused-ring (bicyclic) bond motifs is 1. The molecular formula is C16H12BrF2N3O3S. The van der Waals surface area contributed by atoms with Gasteiger partial charge in [-0.05, 0) is 41.1 Å². The Morgan fingerprint density at radius 2 is 2.08 bits per heavy atom. The van der Waals surface area contributed by atoms with Crippen molar-refractivity contribution in [3.05, 3.63) is 57.8 Å². The quantitative estimate of drug-likeness (QED) is 0.589. The lowest BCUT2D eigenvalue weighted by Crippen LogP contribution is -2.17. The standard InChI is InChI=1S/C16H12BrF2N3O3S/c1-2-26(24,25)22-12-4-3-11(18)13(14(12)19)15(23)10-7-21-16-9(10)5-8(17)6-20-16/h3-7,22H,2H2,1H3,(H,20,21). The summed E-state index contributed by atoms with van der Waals surface area (Å²) in [4.78, 5) is 19.6. The van der Waals surface area contributed by atoms with Gasteiger partial charge >= 0.3 is 0 Å². The first-order valence-electron chi connectivity index (χ1n) is 7.39. The van der Waals surface area contributed by atoms with E-state index < -0.39 is 38.7 Å². The molecule has 0 radical (unpaired) electrons. The predicted molar refractivity (Wildman–Crippen MR) is 96.7 cm³/mol. The number of aromatic amines is 1. The Labute approximate surface area is 155 Å². The number of H-pyrrole nitrogens is 1. The van der Waals surface area contributed by atoms with Gasteiger partial charge in [-0.15, -0.1) is 0 Å². The fourth-order valence-corrected chi connectivity index (χ4v) is 3.35. The molecule has 0 atom stereocenters. The molecule has 2 aromatic heterocycles. The fourth-order valence-electron chi connectivity index (χ4n) is 2.38. The van der Waals surface area contributed by atoms with Crippen LogP contribution in [0, 0.1) is 11.6 Å². The van der Waals surface area contributed by atoms with Crippen molar-refractivity contribution in [2.45, 2.75) is 6.92 Å². The Bertz CT molecular complexity index is 1130. The van der Waals surface area contributed by atoms with Crippen molar-refractivity contribution in [2.75, 3.05) is 10.5 Å². The molecular weight excluding hydrogens is 432 g/mol. The molecule has 0 bridgehead atoms. The van der Waals surface area contributed by atoms with Crippen molar-refractivity contribution in [2.24, 2.45) is 0 Å². The van der Waals surface area contributed by atoms with E-state index >= 15 is 0 Å². The molecule has 0 fully saturated rings. The molecule has 0 aliphatic rings. The van der Waals surface area contributed by atoms with Crippen LogP contribution >= 0.6 is 15.9 Å². The minimum Gasteiger partial charge on any atom is -0.345 e. The number of hydrogen-bond acceptors (Lipinski definition) is 4. The third-order valence-corrected chi connectivity index (χ3v) is 5.43. The number of benzene rings is 1. The van der Waals surface area contributed by atoms with Gasteiger partial charge in [-0.1, -0.05) is 0 Å². The van der Waals surface area contributed by atoms with Crippen LogP contribution in [-0.4, -0.2) is 29.9 Å². The zero-order valence-corrected chi connectivity index (χ0v) is 15.7. The van der Waals surface area contributed by atoms with E-state index in [2.05, 4.69) is 25.9 Å². The first-order chi connectivity index (χ1) is 12.2. The molecule has 3 aromatic rings. The topological polar surface area (TPSA) is 91.9 Å². The van der Waals surface area contributed by atoms with E-state index in [9.17, 15) is 22.0 Å². The molecule has 0 amide bonds. The van der Waals surface area contributed by atoms with Gasteiger partial charge in [0.2, 0.25) is 15.8 Å². The van der Waals surface area contributed by atoms with Crippen LogP contribution in [0.3, 0.4) is 0 Å². The lowest BCUT2D eigenvalue weighted by atomic mass is 10.0. The van der Waals surface area contributed by atoms with Crippen molar-refractivity contribution in [3.8, 4) is 0 Å². The second-order valence-corrected chi connectivity index (χ2v) is 8.30. The van der Waals surface area contributed by atoms with Crippen LogP contribution in [0.25, 0.3) is 11.0 Å². The smallest absolute Gasteiger partial charge is 0.232 e. The van der Waals surface area contributed by atoms with Crippen molar-refractivity contribution < 1.29 is 22.0 Å². The molecule has 6 nitrogen and oxygen atoms in total. The largest absolute Gasteiger partial charge is 0.345 e. The van der Waals surface area contributed by atoms with E-state index in [1.54, 1.807) is 6.07 Å². The Balaban J connectivity index is 2.13. The minimum absolute atomic E-state index is 0.0158. The van der Waals surface area contributed by atoms with Gasteiger partial charge in [-0.2, -0.15) is 0 Å². The third kappa shape index (κ3) is 3.34. The molecule has 26 heavy (non-hydrogen) atoms. The molecule has 3 rings (SSSR count). The number of nitrogens with one attached hydrogen (secondary N) is 2. The summed E-state index contributed by atoms with van der Waals surface area (Å²) in [5.74, 6) is -3.59. The van der Waals surface area contributed by atoms with Crippen LogP contribution in [0.4, 0.5) is 14.5 Å². The number of anilines is 1. The number of ketones is 1. The summed E-state index contributed by atoms with van der Waals surface area (Å²) in [6.07, 6.45) is 2.81. The molecule has 10 heteroatoms. The molecule has 0 aliphatic carbocycles. The number of carbonyl (C=O) groups is 1. The second-order valence-electron chi connectivity index (χ2n) is 5.37. The molecule has 2 N–H and O–H groups in total. The Morgan fingerprint density at radius 1 is 1.35 bits per heavy atom. The Morgan fingerprint density at radius 3 is 2.77 bits per heavy atom. The SMILES string of the molecule is CCS(=O)(=O)Nc1ccc(F)c(C(=O)c2c[nH]c3ncc(Br)cc23)c1F. The summed E-state index contributed by atoms with van der Waals surface area (Å²) < 4.78 is 54.8. The van der Waals surface area contributed by atoms with Crippen LogP contribution < -0.4 is 4.72 Å². The third-order valence-electron chi connectivity index (χ3n) is 3.71. The minimum atomic E-state index is -3.79. The lowest BCUT2D eigenvalue weighted by Gasteiger charge is -2.11. The highest BCUT2D eigenvalue weighted by Gasteiger charge is 2.25. The first-order valence-corrected chi connectivity index (χ1v) is 9.84. The van der Waals surface area contributed by atoms with E-state index in [0.717, 1.165) is 12.1 Å². The molecule has 2 heterocycles. The average Bonchev–Trinajstić information content (AvgIpc) is 3.00. The highest BCUT2D eigenvalue weighted by Crippen LogP contribution is 2.28. The number of rotatable bonds is 5. The number of halogens is 3. The second kappa shape index (κ2) is 6.76.